The molecular weight excluding hydrogens is 315 g/mol. The van der Waals surface area contributed by atoms with Crippen molar-refractivity contribution in [3.8, 4) is 11.8 Å². The normalized spacial score (nSPS) is 11.4. The fraction of sp³-hybridized carbons (Fsp3) is 0.250. The topological polar surface area (TPSA) is 45.9 Å². The number of pyridine rings is 1. The highest BCUT2D eigenvalue weighted by Gasteiger charge is 2.34. The molecule has 1 aromatic heterocycles. The highest BCUT2D eigenvalue weighted by molar-refractivity contribution is 9.10. The van der Waals surface area contributed by atoms with Gasteiger partial charge < -0.3 is 4.74 Å². The van der Waals surface area contributed by atoms with Crippen LogP contribution in [0, 0.1) is 11.3 Å². The number of rotatable bonds is 2. The zero-order valence-electron chi connectivity index (χ0n) is 7.73. The standard InChI is InChI=1S/C8H2BrF5N2O/c9-6-3(1-15)5(7(10)11)4(2-16-6)17-8(12,13)14/h2,7H. The van der Waals surface area contributed by atoms with E-state index in [1.165, 1.54) is 6.07 Å². The lowest BCUT2D eigenvalue weighted by Crippen LogP contribution is -2.19. The lowest BCUT2D eigenvalue weighted by molar-refractivity contribution is -0.275. The quantitative estimate of drug-likeness (QED) is 0.619. The second-order valence-electron chi connectivity index (χ2n) is 2.66. The third-order valence-corrected chi connectivity index (χ3v) is 2.19. The van der Waals surface area contributed by atoms with Crippen molar-refractivity contribution >= 4 is 15.9 Å². The molecule has 0 aliphatic heterocycles. The number of hydrogen-bond donors (Lipinski definition) is 0. The molecular formula is C8H2BrF5N2O. The number of aromatic nitrogens is 1. The van der Waals surface area contributed by atoms with Crippen LogP contribution in [0.15, 0.2) is 10.8 Å². The molecule has 1 aromatic rings. The van der Waals surface area contributed by atoms with E-state index in [1.54, 1.807) is 0 Å². The molecule has 0 radical (unpaired) electrons. The second-order valence-corrected chi connectivity index (χ2v) is 3.41. The Balaban J connectivity index is 3.37. The van der Waals surface area contributed by atoms with E-state index in [4.69, 9.17) is 5.26 Å². The summed E-state index contributed by atoms with van der Waals surface area (Å²) in [6, 6.07) is 1.33. The highest BCUT2D eigenvalue weighted by atomic mass is 79.9. The predicted molar refractivity (Wildman–Crippen MR) is 48.3 cm³/mol. The Morgan fingerprint density at radius 2 is 2.00 bits per heavy atom. The lowest BCUT2D eigenvalue weighted by atomic mass is 10.1. The molecule has 0 aliphatic carbocycles. The van der Waals surface area contributed by atoms with Gasteiger partial charge in [-0.2, -0.15) is 5.26 Å². The summed E-state index contributed by atoms with van der Waals surface area (Å²) in [6.07, 6.45) is -7.95. The number of ether oxygens (including phenoxy) is 1. The molecule has 0 unspecified atom stereocenters. The van der Waals surface area contributed by atoms with E-state index in [9.17, 15) is 22.0 Å². The van der Waals surface area contributed by atoms with E-state index in [2.05, 4.69) is 25.7 Å². The summed E-state index contributed by atoms with van der Waals surface area (Å²) in [6.45, 7) is 0. The van der Waals surface area contributed by atoms with Crippen LogP contribution in [-0.4, -0.2) is 11.3 Å². The molecule has 0 fully saturated rings. The van der Waals surface area contributed by atoms with Gasteiger partial charge in [0.25, 0.3) is 6.43 Å². The van der Waals surface area contributed by atoms with Crippen LogP contribution < -0.4 is 4.74 Å². The Bertz CT molecular complexity index is 468. The Hall–Kier alpha value is -1.43. The third-order valence-electron chi connectivity index (χ3n) is 1.59. The molecule has 0 saturated carbocycles. The SMILES string of the molecule is N#Cc1c(Br)ncc(OC(F)(F)F)c1C(F)F. The summed E-state index contributed by atoms with van der Waals surface area (Å²) < 4.78 is 64.1. The first-order chi connectivity index (χ1) is 7.76. The number of alkyl halides is 5. The fourth-order valence-corrected chi connectivity index (χ4v) is 1.42. The van der Waals surface area contributed by atoms with Crippen LogP contribution in [0.1, 0.15) is 17.6 Å². The molecule has 0 bridgehead atoms. The molecule has 92 valence electrons. The Kier molecular flexibility index (Phi) is 3.87. The minimum Gasteiger partial charge on any atom is -0.404 e. The summed E-state index contributed by atoms with van der Waals surface area (Å²) in [5.74, 6) is -1.19. The maximum absolute atomic E-state index is 12.6. The van der Waals surface area contributed by atoms with Crippen LogP contribution in [0.4, 0.5) is 22.0 Å². The monoisotopic (exact) mass is 316 g/mol. The van der Waals surface area contributed by atoms with Crippen molar-refractivity contribution in [3.63, 3.8) is 0 Å². The summed E-state index contributed by atoms with van der Waals surface area (Å²) in [5.41, 5.74) is -1.84. The molecule has 0 aliphatic rings. The fourth-order valence-electron chi connectivity index (χ4n) is 1.01. The number of halogens is 6. The maximum atomic E-state index is 12.6. The zero-order chi connectivity index (χ0) is 13.2. The number of nitrogens with zero attached hydrogens (tertiary/aromatic N) is 2. The molecule has 0 amide bonds. The van der Waals surface area contributed by atoms with E-state index in [0.29, 0.717) is 6.20 Å². The summed E-state index contributed by atoms with van der Waals surface area (Å²) in [5, 5.41) is 8.58. The molecule has 0 N–H and O–H groups in total. The van der Waals surface area contributed by atoms with Crippen LogP contribution in [0.3, 0.4) is 0 Å². The third kappa shape index (κ3) is 3.26. The molecule has 3 nitrogen and oxygen atoms in total. The molecule has 0 spiro atoms. The van der Waals surface area contributed by atoms with E-state index in [-0.39, 0.29) is 4.60 Å². The Labute approximate surface area is 99.9 Å². The van der Waals surface area contributed by atoms with Crippen molar-refractivity contribution in [2.24, 2.45) is 0 Å². The molecule has 0 saturated heterocycles. The van der Waals surface area contributed by atoms with E-state index in [1.807, 2.05) is 0 Å². The Morgan fingerprint density at radius 1 is 1.41 bits per heavy atom. The van der Waals surface area contributed by atoms with Crippen molar-refractivity contribution in [2.45, 2.75) is 12.8 Å². The smallest absolute Gasteiger partial charge is 0.404 e. The largest absolute Gasteiger partial charge is 0.573 e. The number of hydrogen-bond acceptors (Lipinski definition) is 3. The van der Waals surface area contributed by atoms with Crippen LogP contribution in [0.2, 0.25) is 0 Å². The van der Waals surface area contributed by atoms with Gasteiger partial charge in [-0.3, -0.25) is 0 Å². The highest BCUT2D eigenvalue weighted by Crippen LogP contribution is 2.36. The van der Waals surface area contributed by atoms with Gasteiger partial charge in [-0.15, -0.1) is 13.2 Å². The first-order valence-electron chi connectivity index (χ1n) is 3.88. The van der Waals surface area contributed by atoms with E-state index < -0.39 is 29.7 Å². The lowest BCUT2D eigenvalue weighted by Gasteiger charge is -2.13. The van der Waals surface area contributed by atoms with Gasteiger partial charge in [0.15, 0.2) is 5.75 Å². The van der Waals surface area contributed by atoms with Crippen molar-refractivity contribution < 1.29 is 26.7 Å². The molecule has 1 heterocycles. The van der Waals surface area contributed by atoms with E-state index >= 15 is 0 Å². The summed E-state index contributed by atoms with van der Waals surface area (Å²) >= 11 is 2.69. The second kappa shape index (κ2) is 4.83. The van der Waals surface area contributed by atoms with Crippen LogP contribution in [0.25, 0.3) is 0 Å². The summed E-state index contributed by atoms with van der Waals surface area (Å²) in [4.78, 5) is 3.31. The predicted octanol–water partition coefficient (Wildman–Crippen LogP) is 3.55. The minimum atomic E-state index is -5.13. The van der Waals surface area contributed by atoms with Crippen molar-refractivity contribution in [3.05, 3.63) is 21.9 Å². The molecule has 17 heavy (non-hydrogen) atoms. The molecule has 0 atom stereocenters. The van der Waals surface area contributed by atoms with Crippen molar-refractivity contribution in [1.82, 2.24) is 4.98 Å². The van der Waals surface area contributed by atoms with Crippen LogP contribution in [-0.2, 0) is 0 Å². The van der Waals surface area contributed by atoms with Gasteiger partial charge in [0.05, 0.1) is 17.3 Å². The Morgan fingerprint density at radius 3 is 2.41 bits per heavy atom. The van der Waals surface area contributed by atoms with Gasteiger partial charge in [0, 0.05) is 0 Å². The van der Waals surface area contributed by atoms with Gasteiger partial charge in [-0.1, -0.05) is 0 Å². The first-order valence-corrected chi connectivity index (χ1v) is 4.68. The maximum Gasteiger partial charge on any atom is 0.573 e. The van der Waals surface area contributed by atoms with Crippen molar-refractivity contribution in [1.29, 1.82) is 5.26 Å². The van der Waals surface area contributed by atoms with Crippen LogP contribution >= 0.6 is 15.9 Å². The average molecular weight is 317 g/mol. The van der Waals surface area contributed by atoms with Crippen molar-refractivity contribution in [2.75, 3.05) is 0 Å². The first kappa shape index (κ1) is 13.6. The van der Waals surface area contributed by atoms with Gasteiger partial charge in [-0.05, 0) is 15.9 Å². The van der Waals surface area contributed by atoms with E-state index in [0.717, 1.165) is 0 Å². The zero-order valence-corrected chi connectivity index (χ0v) is 9.31. The summed E-state index contributed by atoms with van der Waals surface area (Å²) in [7, 11) is 0. The van der Waals surface area contributed by atoms with Gasteiger partial charge in [-0.25, -0.2) is 13.8 Å². The minimum absolute atomic E-state index is 0.273. The average Bonchev–Trinajstić information content (AvgIpc) is 2.17. The number of nitriles is 1. The van der Waals surface area contributed by atoms with Gasteiger partial charge in [0.2, 0.25) is 0 Å². The van der Waals surface area contributed by atoms with Gasteiger partial charge >= 0.3 is 6.36 Å². The molecule has 1 rings (SSSR count). The van der Waals surface area contributed by atoms with Gasteiger partial charge in [0.1, 0.15) is 10.7 Å². The molecule has 9 heteroatoms. The van der Waals surface area contributed by atoms with Crippen LogP contribution in [0.5, 0.6) is 5.75 Å². The molecule has 0 aromatic carbocycles.